The number of halogens is 2. The van der Waals surface area contributed by atoms with Gasteiger partial charge in [-0.1, -0.05) is 23.7 Å². The van der Waals surface area contributed by atoms with Crippen LogP contribution in [0.1, 0.15) is 24.4 Å². The molecule has 0 fully saturated rings. The summed E-state index contributed by atoms with van der Waals surface area (Å²) in [6.45, 7) is 0.297. The van der Waals surface area contributed by atoms with Gasteiger partial charge in [0, 0.05) is 18.0 Å². The number of nitrogens with one attached hydrogen (secondary N) is 2. The van der Waals surface area contributed by atoms with E-state index in [1.54, 1.807) is 18.2 Å². The quantitative estimate of drug-likeness (QED) is 0.604. The molecule has 0 spiro atoms. The van der Waals surface area contributed by atoms with E-state index in [0.29, 0.717) is 28.6 Å². The van der Waals surface area contributed by atoms with Crippen LogP contribution in [0.25, 0.3) is 0 Å². The zero-order valence-electron chi connectivity index (χ0n) is 14.7. The number of rotatable bonds is 9. The van der Waals surface area contributed by atoms with Crippen LogP contribution in [0.4, 0.5) is 10.1 Å². The van der Waals surface area contributed by atoms with Gasteiger partial charge < -0.3 is 20.5 Å². The van der Waals surface area contributed by atoms with Crippen LogP contribution in [0.2, 0.25) is 5.02 Å². The van der Waals surface area contributed by atoms with Gasteiger partial charge in [0.1, 0.15) is 11.6 Å². The van der Waals surface area contributed by atoms with E-state index in [-0.39, 0.29) is 18.7 Å². The molecule has 0 heterocycles. The van der Waals surface area contributed by atoms with E-state index in [9.17, 15) is 14.0 Å². The van der Waals surface area contributed by atoms with Crippen LogP contribution >= 0.6 is 11.6 Å². The number of anilines is 1. The fourth-order valence-electron chi connectivity index (χ4n) is 2.52. The summed E-state index contributed by atoms with van der Waals surface area (Å²) in [4.78, 5) is 23.3. The molecule has 0 radical (unpaired) electrons. The van der Waals surface area contributed by atoms with Crippen LogP contribution < -0.4 is 15.4 Å². The average molecular weight is 395 g/mol. The minimum absolute atomic E-state index is 0.104. The lowest BCUT2D eigenvalue weighted by Crippen LogP contribution is -2.31. The number of benzene rings is 2. The van der Waals surface area contributed by atoms with E-state index in [1.165, 1.54) is 31.4 Å². The van der Waals surface area contributed by atoms with Crippen molar-refractivity contribution in [2.75, 3.05) is 19.0 Å². The summed E-state index contributed by atoms with van der Waals surface area (Å²) in [6, 6.07) is 9.71. The number of carboxylic acids is 1. The number of ether oxygens (including phenoxy) is 1. The number of amides is 1. The minimum Gasteiger partial charge on any atom is -0.495 e. The summed E-state index contributed by atoms with van der Waals surface area (Å²) in [5, 5.41) is 15.3. The molecule has 1 atom stereocenters. The Kier molecular flexibility index (Phi) is 7.43. The number of hydrogen-bond acceptors (Lipinski definition) is 4. The van der Waals surface area contributed by atoms with Crippen LogP contribution in [0.15, 0.2) is 42.5 Å². The summed E-state index contributed by atoms with van der Waals surface area (Å²) < 4.78 is 18.3. The number of aliphatic carboxylic acids is 1. The maximum absolute atomic E-state index is 13.1. The molecule has 0 aliphatic heterocycles. The predicted molar refractivity (Wildman–Crippen MR) is 101 cm³/mol. The van der Waals surface area contributed by atoms with E-state index < -0.39 is 17.8 Å². The fourth-order valence-corrected chi connectivity index (χ4v) is 2.69. The van der Waals surface area contributed by atoms with Crippen LogP contribution in [0, 0.1) is 5.82 Å². The third kappa shape index (κ3) is 6.45. The van der Waals surface area contributed by atoms with E-state index >= 15 is 0 Å². The van der Waals surface area contributed by atoms with Gasteiger partial charge >= 0.3 is 5.97 Å². The predicted octanol–water partition coefficient (Wildman–Crippen LogP) is 3.62. The molecule has 1 unspecified atom stereocenters. The number of methoxy groups -OCH3 is 1. The maximum Gasteiger partial charge on any atom is 0.305 e. The van der Waals surface area contributed by atoms with Gasteiger partial charge in [-0.25, -0.2) is 4.39 Å². The monoisotopic (exact) mass is 394 g/mol. The van der Waals surface area contributed by atoms with Crippen LogP contribution in [-0.4, -0.2) is 30.6 Å². The standard InChI is InChI=1S/C19H20ClFN2O4/c1-27-17-7-4-13(20)10-16(17)22-9-8-18(24)23-15(11-19(25)26)12-2-5-14(21)6-3-12/h2-7,10,15,22H,8-9,11H2,1H3,(H,23,24)(H,25,26). The molecule has 0 aliphatic carbocycles. The molecule has 0 aliphatic rings. The summed E-state index contributed by atoms with van der Waals surface area (Å²) in [5.74, 6) is -1.24. The van der Waals surface area contributed by atoms with Crippen molar-refractivity contribution in [2.24, 2.45) is 0 Å². The van der Waals surface area contributed by atoms with Gasteiger partial charge in [-0.15, -0.1) is 0 Å². The lowest BCUT2D eigenvalue weighted by atomic mass is 10.0. The molecule has 27 heavy (non-hydrogen) atoms. The smallest absolute Gasteiger partial charge is 0.305 e. The number of carbonyl (C=O) groups is 2. The topological polar surface area (TPSA) is 87.7 Å². The highest BCUT2D eigenvalue weighted by Crippen LogP contribution is 2.27. The first kappa shape index (κ1) is 20.5. The van der Waals surface area contributed by atoms with Gasteiger partial charge in [0.25, 0.3) is 0 Å². The molecule has 0 saturated heterocycles. The highest BCUT2D eigenvalue weighted by Gasteiger charge is 2.18. The second-order valence-corrected chi connectivity index (χ2v) is 6.23. The van der Waals surface area contributed by atoms with Crippen molar-refractivity contribution in [1.29, 1.82) is 0 Å². The van der Waals surface area contributed by atoms with Crippen LogP contribution in [0.3, 0.4) is 0 Å². The van der Waals surface area contributed by atoms with Crippen molar-refractivity contribution in [1.82, 2.24) is 5.32 Å². The highest BCUT2D eigenvalue weighted by atomic mass is 35.5. The molecule has 0 aromatic heterocycles. The molecular weight excluding hydrogens is 375 g/mol. The molecule has 0 bridgehead atoms. The SMILES string of the molecule is COc1ccc(Cl)cc1NCCC(=O)NC(CC(=O)O)c1ccc(F)cc1. The van der Waals surface area contributed by atoms with Gasteiger partial charge in [-0.05, 0) is 35.9 Å². The summed E-state index contributed by atoms with van der Waals surface area (Å²) in [7, 11) is 1.53. The van der Waals surface area contributed by atoms with E-state index in [1.807, 2.05) is 0 Å². The molecule has 1 amide bonds. The fraction of sp³-hybridized carbons (Fsp3) is 0.263. The second-order valence-electron chi connectivity index (χ2n) is 5.79. The van der Waals surface area contributed by atoms with Crippen molar-refractivity contribution >= 4 is 29.2 Å². The third-order valence-electron chi connectivity index (χ3n) is 3.82. The Morgan fingerprint density at radius 2 is 1.93 bits per heavy atom. The Bertz CT molecular complexity index is 799. The van der Waals surface area contributed by atoms with Gasteiger partial charge in [0.05, 0.1) is 25.3 Å². The molecule has 2 aromatic rings. The number of carboxylic acid groups (broad SMARTS) is 1. The molecule has 2 rings (SSSR count). The minimum atomic E-state index is -1.06. The van der Waals surface area contributed by atoms with Crippen LogP contribution in [-0.2, 0) is 9.59 Å². The first-order chi connectivity index (χ1) is 12.9. The molecule has 2 aromatic carbocycles. The molecule has 144 valence electrons. The Morgan fingerprint density at radius 1 is 1.22 bits per heavy atom. The molecule has 0 saturated carbocycles. The van der Waals surface area contributed by atoms with Crippen molar-refractivity contribution in [3.8, 4) is 5.75 Å². The van der Waals surface area contributed by atoms with Gasteiger partial charge in [-0.2, -0.15) is 0 Å². The van der Waals surface area contributed by atoms with E-state index in [4.69, 9.17) is 21.4 Å². The first-order valence-corrected chi connectivity index (χ1v) is 8.61. The zero-order valence-corrected chi connectivity index (χ0v) is 15.4. The molecule has 6 nitrogen and oxygen atoms in total. The summed E-state index contributed by atoms with van der Waals surface area (Å²) >= 11 is 5.95. The summed E-state index contributed by atoms with van der Waals surface area (Å²) in [5.41, 5.74) is 1.18. The zero-order chi connectivity index (χ0) is 19.8. The lowest BCUT2D eigenvalue weighted by Gasteiger charge is -2.18. The van der Waals surface area contributed by atoms with Crippen molar-refractivity contribution in [3.05, 3.63) is 58.9 Å². The molecule has 8 heteroatoms. The Labute approximate surface area is 161 Å². The van der Waals surface area contributed by atoms with Crippen molar-refractivity contribution in [2.45, 2.75) is 18.9 Å². The maximum atomic E-state index is 13.1. The molecule has 3 N–H and O–H groups in total. The first-order valence-electron chi connectivity index (χ1n) is 8.23. The largest absolute Gasteiger partial charge is 0.495 e. The second kappa shape index (κ2) is 9.78. The Morgan fingerprint density at radius 3 is 2.56 bits per heavy atom. The number of hydrogen-bond donors (Lipinski definition) is 3. The Hall–Kier alpha value is -2.80. The van der Waals surface area contributed by atoms with E-state index in [0.717, 1.165) is 0 Å². The number of carbonyl (C=O) groups excluding carboxylic acids is 1. The normalized spacial score (nSPS) is 11.5. The van der Waals surface area contributed by atoms with E-state index in [2.05, 4.69) is 10.6 Å². The average Bonchev–Trinajstić information content (AvgIpc) is 2.61. The lowest BCUT2D eigenvalue weighted by molar-refractivity contribution is -0.137. The third-order valence-corrected chi connectivity index (χ3v) is 4.05. The van der Waals surface area contributed by atoms with Crippen molar-refractivity contribution < 1.29 is 23.8 Å². The van der Waals surface area contributed by atoms with Gasteiger partial charge in [0.15, 0.2) is 0 Å². The molecular formula is C19H20ClFN2O4. The Balaban J connectivity index is 1.94. The highest BCUT2D eigenvalue weighted by molar-refractivity contribution is 6.30. The van der Waals surface area contributed by atoms with Gasteiger partial charge in [0.2, 0.25) is 5.91 Å². The van der Waals surface area contributed by atoms with Gasteiger partial charge in [-0.3, -0.25) is 9.59 Å². The van der Waals surface area contributed by atoms with Crippen LogP contribution in [0.5, 0.6) is 5.75 Å². The van der Waals surface area contributed by atoms with Crippen molar-refractivity contribution in [3.63, 3.8) is 0 Å². The summed E-state index contributed by atoms with van der Waals surface area (Å²) in [6.07, 6.45) is -0.195.